The molecule has 21 heavy (non-hydrogen) atoms. The largest absolute Gasteiger partial charge is 0.497 e. The molecule has 1 amide bonds. The van der Waals surface area contributed by atoms with Crippen molar-refractivity contribution in [2.75, 3.05) is 7.11 Å². The van der Waals surface area contributed by atoms with Crippen molar-refractivity contribution in [3.63, 3.8) is 0 Å². The van der Waals surface area contributed by atoms with Crippen molar-refractivity contribution in [2.45, 2.75) is 45.8 Å². The number of alkyl carbamates (subject to hydrolysis) is 1. The summed E-state index contributed by atoms with van der Waals surface area (Å²) in [5, 5.41) is 2.74. The maximum absolute atomic E-state index is 11.9. The number of Topliss-reactive ketones (excluding diaryl/α,β-unsaturated/α-hetero) is 1. The predicted octanol–water partition coefficient (Wildman–Crippen LogP) is 3.24. The molecule has 0 radical (unpaired) electrons. The molecule has 0 aromatic heterocycles. The van der Waals surface area contributed by atoms with Gasteiger partial charge in [-0.2, -0.15) is 0 Å². The molecule has 5 heteroatoms. The number of methoxy groups -OCH3 is 1. The number of hydrogen-bond donors (Lipinski definition) is 1. The van der Waals surface area contributed by atoms with Crippen molar-refractivity contribution in [1.82, 2.24) is 5.32 Å². The van der Waals surface area contributed by atoms with Crippen LogP contribution in [0, 0.1) is 0 Å². The van der Waals surface area contributed by atoms with Crippen molar-refractivity contribution in [2.24, 2.45) is 0 Å². The fourth-order valence-electron chi connectivity index (χ4n) is 1.83. The molecule has 1 N–H and O–H groups in total. The van der Waals surface area contributed by atoms with Gasteiger partial charge in [-0.3, -0.25) is 4.79 Å². The van der Waals surface area contributed by atoms with Crippen molar-refractivity contribution in [3.05, 3.63) is 29.8 Å². The number of rotatable bonds is 5. The van der Waals surface area contributed by atoms with Crippen LogP contribution in [0.5, 0.6) is 5.75 Å². The van der Waals surface area contributed by atoms with Crippen molar-refractivity contribution >= 4 is 11.9 Å². The van der Waals surface area contributed by atoms with Gasteiger partial charge >= 0.3 is 6.09 Å². The summed E-state index contributed by atoms with van der Waals surface area (Å²) in [6, 6.07) is 6.81. The molecule has 1 aromatic rings. The predicted molar refractivity (Wildman–Crippen MR) is 80.4 cm³/mol. The van der Waals surface area contributed by atoms with E-state index in [0.717, 1.165) is 11.3 Å². The van der Waals surface area contributed by atoms with Gasteiger partial charge in [-0.1, -0.05) is 12.1 Å². The maximum Gasteiger partial charge on any atom is 0.408 e. The van der Waals surface area contributed by atoms with E-state index in [-0.39, 0.29) is 12.2 Å². The Hall–Kier alpha value is -2.04. The molecular formula is C16H23NO4. The number of ketones is 1. The van der Waals surface area contributed by atoms with E-state index in [4.69, 9.17) is 9.47 Å². The van der Waals surface area contributed by atoms with Gasteiger partial charge in [0.25, 0.3) is 0 Å². The number of ether oxygens (including phenoxy) is 2. The highest BCUT2D eigenvalue weighted by molar-refractivity contribution is 5.77. The first-order valence-electron chi connectivity index (χ1n) is 6.84. The number of nitrogens with one attached hydrogen (secondary N) is 1. The second kappa shape index (κ2) is 7.11. The molecule has 0 spiro atoms. The van der Waals surface area contributed by atoms with Crippen LogP contribution in [0.2, 0.25) is 0 Å². The summed E-state index contributed by atoms with van der Waals surface area (Å²) < 4.78 is 10.3. The Balaban J connectivity index is 2.84. The summed E-state index contributed by atoms with van der Waals surface area (Å²) in [5.41, 5.74) is 0.252. The molecule has 0 fully saturated rings. The van der Waals surface area contributed by atoms with E-state index < -0.39 is 17.7 Å². The van der Waals surface area contributed by atoms with Crippen molar-refractivity contribution in [1.29, 1.82) is 0 Å². The van der Waals surface area contributed by atoms with E-state index in [1.807, 2.05) is 12.1 Å². The standard InChI is InChI=1S/C16H23NO4/c1-11(18)10-14(17-15(19)21-16(2,3)4)12-6-8-13(20-5)9-7-12/h6-9,14H,10H2,1-5H3,(H,17,19). The maximum atomic E-state index is 11.9. The lowest BCUT2D eigenvalue weighted by Gasteiger charge is -2.23. The second-order valence-electron chi connectivity index (χ2n) is 5.88. The summed E-state index contributed by atoms with van der Waals surface area (Å²) in [5.74, 6) is 0.712. The summed E-state index contributed by atoms with van der Waals surface area (Å²) >= 11 is 0. The average Bonchev–Trinajstić information content (AvgIpc) is 2.35. The van der Waals surface area contributed by atoms with Crippen molar-refractivity contribution in [3.8, 4) is 5.75 Å². The fourth-order valence-corrected chi connectivity index (χ4v) is 1.83. The van der Waals surface area contributed by atoms with E-state index in [9.17, 15) is 9.59 Å². The van der Waals surface area contributed by atoms with Gasteiger partial charge in [0.2, 0.25) is 0 Å². The minimum absolute atomic E-state index is 0.00752. The molecule has 1 unspecified atom stereocenters. The van der Waals surface area contributed by atoms with E-state index in [0.29, 0.717) is 0 Å². The van der Waals surface area contributed by atoms with Gasteiger partial charge < -0.3 is 14.8 Å². The highest BCUT2D eigenvalue weighted by Gasteiger charge is 2.21. The zero-order valence-corrected chi connectivity index (χ0v) is 13.2. The second-order valence-corrected chi connectivity index (χ2v) is 5.88. The van der Waals surface area contributed by atoms with E-state index >= 15 is 0 Å². The summed E-state index contributed by atoms with van der Waals surface area (Å²) in [7, 11) is 1.58. The van der Waals surface area contributed by atoms with Crippen LogP contribution in [0.1, 0.15) is 45.7 Å². The molecule has 0 aliphatic heterocycles. The molecule has 1 atom stereocenters. The Bertz CT molecular complexity index is 488. The fraction of sp³-hybridized carbons (Fsp3) is 0.500. The molecule has 0 saturated carbocycles. The molecule has 1 aromatic carbocycles. The molecule has 0 aliphatic carbocycles. The minimum Gasteiger partial charge on any atom is -0.497 e. The molecule has 5 nitrogen and oxygen atoms in total. The SMILES string of the molecule is COc1ccc(C(CC(C)=O)NC(=O)OC(C)(C)C)cc1. The smallest absolute Gasteiger partial charge is 0.408 e. The Morgan fingerprint density at radius 3 is 2.19 bits per heavy atom. The Labute approximate surface area is 125 Å². The molecule has 1 rings (SSSR count). The monoisotopic (exact) mass is 293 g/mol. The lowest BCUT2D eigenvalue weighted by atomic mass is 10.0. The Kier molecular flexibility index (Phi) is 5.76. The van der Waals surface area contributed by atoms with Crippen LogP contribution < -0.4 is 10.1 Å². The zero-order chi connectivity index (χ0) is 16.0. The van der Waals surface area contributed by atoms with Gasteiger partial charge in [0, 0.05) is 6.42 Å². The number of carbonyl (C=O) groups is 2. The van der Waals surface area contributed by atoms with E-state index in [2.05, 4.69) is 5.32 Å². The molecule has 0 aliphatic rings. The molecule has 116 valence electrons. The third-order valence-corrected chi connectivity index (χ3v) is 2.70. The topological polar surface area (TPSA) is 64.6 Å². The summed E-state index contributed by atoms with van der Waals surface area (Å²) in [4.78, 5) is 23.3. The first kappa shape index (κ1) is 17.0. The molecule has 0 bridgehead atoms. The van der Waals surface area contributed by atoms with Crippen LogP contribution in [-0.4, -0.2) is 24.6 Å². The molecule has 0 saturated heterocycles. The average molecular weight is 293 g/mol. The van der Waals surface area contributed by atoms with Crippen LogP contribution in [0.15, 0.2) is 24.3 Å². The lowest BCUT2D eigenvalue weighted by Crippen LogP contribution is -2.35. The number of carbonyl (C=O) groups excluding carboxylic acids is 2. The first-order valence-corrected chi connectivity index (χ1v) is 6.84. The van der Waals surface area contributed by atoms with Gasteiger partial charge in [0.15, 0.2) is 0 Å². The molecule has 0 heterocycles. The normalized spacial score (nSPS) is 12.4. The third kappa shape index (κ3) is 6.29. The van der Waals surface area contributed by atoms with Gasteiger partial charge in [-0.05, 0) is 45.4 Å². The van der Waals surface area contributed by atoms with Crippen LogP contribution in [0.4, 0.5) is 4.79 Å². The highest BCUT2D eigenvalue weighted by atomic mass is 16.6. The lowest BCUT2D eigenvalue weighted by molar-refractivity contribution is -0.117. The first-order chi connectivity index (χ1) is 9.71. The summed E-state index contributed by atoms with van der Waals surface area (Å²) in [6.45, 7) is 6.87. The Morgan fingerprint density at radius 1 is 1.19 bits per heavy atom. The van der Waals surface area contributed by atoms with Crippen LogP contribution in [-0.2, 0) is 9.53 Å². The third-order valence-electron chi connectivity index (χ3n) is 2.70. The van der Waals surface area contributed by atoms with Gasteiger partial charge in [0.05, 0.1) is 13.2 Å². The minimum atomic E-state index is -0.579. The Morgan fingerprint density at radius 2 is 1.76 bits per heavy atom. The van der Waals surface area contributed by atoms with Gasteiger partial charge in [-0.25, -0.2) is 4.79 Å². The van der Waals surface area contributed by atoms with E-state index in [1.54, 1.807) is 40.0 Å². The summed E-state index contributed by atoms with van der Waals surface area (Å²) in [6.07, 6.45) is -0.324. The number of amides is 1. The quantitative estimate of drug-likeness (QED) is 0.905. The van der Waals surface area contributed by atoms with E-state index in [1.165, 1.54) is 6.92 Å². The van der Waals surface area contributed by atoms with Crippen LogP contribution >= 0.6 is 0 Å². The highest BCUT2D eigenvalue weighted by Crippen LogP contribution is 2.21. The van der Waals surface area contributed by atoms with Crippen molar-refractivity contribution < 1.29 is 19.1 Å². The zero-order valence-electron chi connectivity index (χ0n) is 13.2. The van der Waals surface area contributed by atoms with Crippen LogP contribution in [0.3, 0.4) is 0 Å². The van der Waals surface area contributed by atoms with Gasteiger partial charge in [-0.15, -0.1) is 0 Å². The van der Waals surface area contributed by atoms with Crippen LogP contribution in [0.25, 0.3) is 0 Å². The van der Waals surface area contributed by atoms with Gasteiger partial charge in [0.1, 0.15) is 17.1 Å². The number of benzene rings is 1. The molecular weight excluding hydrogens is 270 g/mol. The number of hydrogen-bond acceptors (Lipinski definition) is 4.